The van der Waals surface area contributed by atoms with Crippen molar-refractivity contribution in [3.63, 3.8) is 0 Å². The quantitative estimate of drug-likeness (QED) is 0.751. The number of rotatable bonds is 3. The minimum atomic E-state index is -4.76. The molecule has 3 nitrogen and oxygen atoms in total. The highest BCUT2D eigenvalue weighted by Crippen LogP contribution is 2.27. The van der Waals surface area contributed by atoms with Gasteiger partial charge >= 0.3 is 6.36 Å². The summed E-state index contributed by atoms with van der Waals surface area (Å²) in [6.45, 7) is 0. The Kier molecular flexibility index (Phi) is 3.41. The molecule has 0 aliphatic carbocycles. The zero-order valence-corrected chi connectivity index (χ0v) is 8.71. The molecule has 0 aromatic heterocycles. The lowest BCUT2D eigenvalue weighted by molar-refractivity contribution is -0.274. The molecular formula is C10H10F3NO2. The van der Waals surface area contributed by atoms with Crippen molar-refractivity contribution in [2.75, 3.05) is 19.0 Å². The van der Waals surface area contributed by atoms with Gasteiger partial charge in [-0.25, -0.2) is 0 Å². The molecule has 1 aromatic rings. The first-order valence-electron chi connectivity index (χ1n) is 4.35. The van der Waals surface area contributed by atoms with Crippen LogP contribution in [0.25, 0.3) is 0 Å². The largest absolute Gasteiger partial charge is 0.573 e. The number of carbonyl (C=O) groups excluding carboxylic acids is 1. The summed E-state index contributed by atoms with van der Waals surface area (Å²) < 4.78 is 39.7. The number of aldehydes is 1. The van der Waals surface area contributed by atoms with Crippen molar-refractivity contribution in [2.45, 2.75) is 6.36 Å². The molecule has 0 bridgehead atoms. The summed E-state index contributed by atoms with van der Waals surface area (Å²) in [6.07, 6.45) is -4.29. The summed E-state index contributed by atoms with van der Waals surface area (Å²) in [6, 6.07) is 3.71. The van der Waals surface area contributed by atoms with E-state index < -0.39 is 12.1 Å². The average molecular weight is 233 g/mol. The van der Waals surface area contributed by atoms with E-state index in [1.165, 1.54) is 12.1 Å². The minimum absolute atomic E-state index is 0.130. The van der Waals surface area contributed by atoms with Gasteiger partial charge in [0.1, 0.15) is 12.0 Å². The molecule has 1 aromatic carbocycles. The van der Waals surface area contributed by atoms with E-state index in [2.05, 4.69) is 4.74 Å². The summed E-state index contributed by atoms with van der Waals surface area (Å²) in [5.41, 5.74) is 0.592. The average Bonchev–Trinajstić information content (AvgIpc) is 2.14. The van der Waals surface area contributed by atoms with E-state index in [1.54, 1.807) is 19.0 Å². The molecule has 0 radical (unpaired) electrons. The molecule has 0 saturated heterocycles. The predicted molar refractivity (Wildman–Crippen MR) is 52.8 cm³/mol. The second-order valence-electron chi connectivity index (χ2n) is 3.32. The summed E-state index contributed by atoms with van der Waals surface area (Å²) in [5.74, 6) is -0.402. The van der Waals surface area contributed by atoms with Gasteiger partial charge in [-0.3, -0.25) is 4.79 Å². The van der Waals surface area contributed by atoms with Gasteiger partial charge in [0, 0.05) is 31.4 Å². The van der Waals surface area contributed by atoms with Crippen molar-refractivity contribution < 1.29 is 22.7 Å². The topological polar surface area (TPSA) is 29.5 Å². The highest BCUT2D eigenvalue weighted by molar-refractivity contribution is 5.78. The van der Waals surface area contributed by atoms with Gasteiger partial charge in [0.15, 0.2) is 0 Å². The fraction of sp³-hybridized carbons (Fsp3) is 0.300. The molecule has 16 heavy (non-hydrogen) atoms. The van der Waals surface area contributed by atoms with Crippen molar-refractivity contribution in [1.82, 2.24) is 0 Å². The van der Waals surface area contributed by atoms with E-state index in [0.717, 1.165) is 6.07 Å². The summed E-state index contributed by atoms with van der Waals surface area (Å²) in [7, 11) is 3.31. The molecule has 0 N–H and O–H groups in total. The standard InChI is InChI=1S/C10H10F3NO2/c1-14(2)8-3-7(6-15)4-9(5-8)16-10(11,12)13/h3-6H,1-2H3. The maximum atomic E-state index is 12.0. The van der Waals surface area contributed by atoms with Gasteiger partial charge in [-0.05, 0) is 12.1 Å². The number of nitrogens with zero attached hydrogens (tertiary/aromatic N) is 1. The lowest BCUT2D eigenvalue weighted by Crippen LogP contribution is -2.18. The minimum Gasteiger partial charge on any atom is -0.406 e. The Bertz CT molecular complexity index is 388. The molecule has 88 valence electrons. The van der Waals surface area contributed by atoms with Crippen LogP contribution in [0.4, 0.5) is 18.9 Å². The van der Waals surface area contributed by atoms with Gasteiger partial charge in [0.05, 0.1) is 0 Å². The first kappa shape index (κ1) is 12.4. The van der Waals surface area contributed by atoms with Crippen LogP contribution in [0.2, 0.25) is 0 Å². The van der Waals surface area contributed by atoms with Gasteiger partial charge in [-0.2, -0.15) is 0 Å². The van der Waals surface area contributed by atoms with E-state index in [1.807, 2.05) is 0 Å². The molecule has 0 aliphatic heterocycles. The van der Waals surface area contributed by atoms with Crippen LogP contribution >= 0.6 is 0 Å². The van der Waals surface area contributed by atoms with Crippen LogP contribution in [0.1, 0.15) is 10.4 Å². The Morgan fingerprint density at radius 2 is 1.88 bits per heavy atom. The molecule has 0 amide bonds. The van der Waals surface area contributed by atoms with Crippen LogP contribution in [-0.2, 0) is 0 Å². The van der Waals surface area contributed by atoms with Crippen molar-refractivity contribution in [3.05, 3.63) is 23.8 Å². The van der Waals surface area contributed by atoms with Gasteiger partial charge in [0.25, 0.3) is 0 Å². The molecule has 0 spiro atoms. The van der Waals surface area contributed by atoms with Crippen molar-refractivity contribution in [2.24, 2.45) is 0 Å². The number of halogens is 3. The van der Waals surface area contributed by atoms with E-state index >= 15 is 0 Å². The first-order valence-corrected chi connectivity index (χ1v) is 4.35. The van der Waals surface area contributed by atoms with E-state index in [-0.39, 0.29) is 5.56 Å². The number of hydrogen-bond donors (Lipinski definition) is 0. The monoisotopic (exact) mass is 233 g/mol. The fourth-order valence-corrected chi connectivity index (χ4v) is 1.12. The molecule has 6 heteroatoms. The van der Waals surface area contributed by atoms with Gasteiger partial charge in [0.2, 0.25) is 0 Å². The zero-order chi connectivity index (χ0) is 12.3. The molecule has 0 fully saturated rings. The predicted octanol–water partition coefficient (Wildman–Crippen LogP) is 2.46. The Hall–Kier alpha value is -1.72. The van der Waals surface area contributed by atoms with Crippen LogP contribution in [0.5, 0.6) is 5.75 Å². The Morgan fingerprint density at radius 3 is 2.31 bits per heavy atom. The second kappa shape index (κ2) is 4.42. The lowest BCUT2D eigenvalue weighted by atomic mass is 10.2. The summed E-state index contributed by atoms with van der Waals surface area (Å²) >= 11 is 0. The first-order chi connectivity index (χ1) is 7.31. The summed E-state index contributed by atoms with van der Waals surface area (Å²) in [5, 5.41) is 0. The second-order valence-corrected chi connectivity index (χ2v) is 3.32. The maximum Gasteiger partial charge on any atom is 0.573 e. The van der Waals surface area contributed by atoms with Crippen molar-refractivity contribution >= 4 is 12.0 Å². The molecule has 1 rings (SSSR count). The molecular weight excluding hydrogens is 223 g/mol. The third-order valence-corrected chi connectivity index (χ3v) is 1.80. The Morgan fingerprint density at radius 1 is 1.25 bits per heavy atom. The SMILES string of the molecule is CN(C)c1cc(C=O)cc(OC(F)(F)F)c1. The highest BCUT2D eigenvalue weighted by atomic mass is 19.4. The van der Waals surface area contributed by atoms with Crippen LogP contribution in [0.3, 0.4) is 0 Å². The van der Waals surface area contributed by atoms with Crippen LogP contribution in [-0.4, -0.2) is 26.7 Å². The van der Waals surface area contributed by atoms with Gasteiger partial charge in [-0.1, -0.05) is 0 Å². The molecule has 0 unspecified atom stereocenters. The zero-order valence-electron chi connectivity index (χ0n) is 8.71. The van der Waals surface area contributed by atoms with E-state index in [0.29, 0.717) is 12.0 Å². The molecule has 0 aliphatic rings. The van der Waals surface area contributed by atoms with E-state index in [9.17, 15) is 18.0 Å². The van der Waals surface area contributed by atoms with Crippen LogP contribution in [0.15, 0.2) is 18.2 Å². The molecule has 0 heterocycles. The molecule has 0 saturated carbocycles. The molecule has 0 atom stereocenters. The van der Waals surface area contributed by atoms with E-state index in [4.69, 9.17) is 0 Å². The number of anilines is 1. The number of benzene rings is 1. The van der Waals surface area contributed by atoms with Crippen LogP contribution < -0.4 is 9.64 Å². The third-order valence-electron chi connectivity index (χ3n) is 1.80. The number of alkyl halides is 3. The maximum absolute atomic E-state index is 12.0. The normalized spacial score (nSPS) is 11.1. The summed E-state index contributed by atoms with van der Waals surface area (Å²) in [4.78, 5) is 12.1. The number of ether oxygens (including phenoxy) is 1. The Balaban J connectivity index is 3.09. The van der Waals surface area contributed by atoms with Gasteiger partial charge < -0.3 is 9.64 Å². The number of hydrogen-bond acceptors (Lipinski definition) is 3. The van der Waals surface area contributed by atoms with Crippen molar-refractivity contribution in [3.8, 4) is 5.75 Å². The van der Waals surface area contributed by atoms with Gasteiger partial charge in [-0.15, -0.1) is 13.2 Å². The smallest absolute Gasteiger partial charge is 0.406 e. The number of carbonyl (C=O) groups is 1. The highest BCUT2D eigenvalue weighted by Gasteiger charge is 2.31. The van der Waals surface area contributed by atoms with Crippen molar-refractivity contribution in [1.29, 1.82) is 0 Å². The fourth-order valence-electron chi connectivity index (χ4n) is 1.12. The third kappa shape index (κ3) is 3.45. The lowest BCUT2D eigenvalue weighted by Gasteiger charge is -2.15. The Labute approximate surface area is 90.4 Å². The van der Waals surface area contributed by atoms with Crippen LogP contribution in [0, 0.1) is 0 Å².